The van der Waals surface area contributed by atoms with Gasteiger partial charge in [-0.05, 0) is 6.07 Å². The van der Waals surface area contributed by atoms with Crippen molar-refractivity contribution in [2.45, 2.75) is 6.04 Å². The summed E-state index contributed by atoms with van der Waals surface area (Å²) in [6.45, 7) is 2.68. The van der Waals surface area contributed by atoms with Crippen molar-refractivity contribution in [3.8, 4) is 11.5 Å². The van der Waals surface area contributed by atoms with Crippen LogP contribution < -0.4 is 20.1 Å². The summed E-state index contributed by atoms with van der Waals surface area (Å²) in [5.74, 6) is 1.56. The maximum Gasteiger partial charge on any atom is 0.165 e. The first kappa shape index (κ1) is 11.2. The second-order valence-corrected chi connectivity index (χ2v) is 3.71. The first-order valence-electron chi connectivity index (χ1n) is 5.45. The predicted octanol–water partition coefficient (Wildman–Crippen LogP) is 0.952. The van der Waals surface area contributed by atoms with Crippen LogP contribution in [0.2, 0.25) is 0 Å². The van der Waals surface area contributed by atoms with Gasteiger partial charge in [0, 0.05) is 25.2 Å². The quantitative estimate of drug-likeness (QED) is 0.826. The van der Waals surface area contributed by atoms with Crippen molar-refractivity contribution >= 4 is 0 Å². The van der Waals surface area contributed by atoms with Crippen molar-refractivity contribution in [2.24, 2.45) is 0 Å². The van der Waals surface area contributed by atoms with Crippen LogP contribution in [0, 0.1) is 0 Å². The van der Waals surface area contributed by atoms with Gasteiger partial charge in [0.05, 0.1) is 20.3 Å². The molecule has 0 saturated carbocycles. The Hall–Kier alpha value is -1.26. The van der Waals surface area contributed by atoms with Gasteiger partial charge < -0.3 is 14.8 Å². The van der Waals surface area contributed by atoms with Crippen molar-refractivity contribution in [2.75, 3.05) is 33.9 Å². The van der Waals surface area contributed by atoms with E-state index in [9.17, 15) is 0 Å². The molecule has 1 aromatic carbocycles. The van der Waals surface area contributed by atoms with E-state index in [1.165, 1.54) is 0 Å². The molecule has 0 bridgehead atoms. The Kier molecular flexibility index (Phi) is 3.64. The second-order valence-electron chi connectivity index (χ2n) is 3.71. The van der Waals surface area contributed by atoms with E-state index in [0.717, 1.165) is 36.7 Å². The molecule has 1 radical (unpaired) electrons. The molecule has 0 spiro atoms. The van der Waals surface area contributed by atoms with Crippen molar-refractivity contribution in [3.05, 3.63) is 23.8 Å². The van der Waals surface area contributed by atoms with Gasteiger partial charge in [0.1, 0.15) is 0 Å². The second kappa shape index (κ2) is 5.18. The van der Waals surface area contributed by atoms with Gasteiger partial charge >= 0.3 is 0 Å². The number of para-hydroxylation sites is 1. The molecule has 0 aromatic heterocycles. The standard InChI is InChI=1S/C12H17N2O2/c1-15-11-5-3-4-9(12(11)16-2)10-8-13-6-7-14-10/h3-5,10,13H,6-8H2,1-2H3. The molecule has 1 unspecified atom stereocenters. The molecular formula is C12H17N2O2. The number of methoxy groups -OCH3 is 2. The third kappa shape index (κ3) is 2.13. The Morgan fingerprint density at radius 1 is 1.31 bits per heavy atom. The molecule has 0 aliphatic carbocycles. The highest BCUT2D eigenvalue weighted by atomic mass is 16.5. The van der Waals surface area contributed by atoms with Crippen LogP contribution in [0.25, 0.3) is 0 Å². The lowest BCUT2D eigenvalue weighted by atomic mass is 10.0. The molecule has 16 heavy (non-hydrogen) atoms. The maximum atomic E-state index is 5.41. The van der Waals surface area contributed by atoms with E-state index >= 15 is 0 Å². The Balaban J connectivity index is 2.30. The summed E-state index contributed by atoms with van der Waals surface area (Å²) in [7, 11) is 3.31. The Labute approximate surface area is 95.9 Å². The predicted molar refractivity (Wildman–Crippen MR) is 62.2 cm³/mol. The first-order valence-corrected chi connectivity index (χ1v) is 5.45. The summed E-state index contributed by atoms with van der Waals surface area (Å²) in [5.41, 5.74) is 1.09. The largest absolute Gasteiger partial charge is 0.493 e. The van der Waals surface area contributed by atoms with Gasteiger partial charge in [-0.1, -0.05) is 12.1 Å². The number of benzene rings is 1. The van der Waals surface area contributed by atoms with Gasteiger partial charge in [-0.3, -0.25) is 0 Å². The molecule has 1 atom stereocenters. The molecule has 1 aromatic rings. The molecule has 1 heterocycles. The molecule has 1 fully saturated rings. The minimum atomic E-state index is 0.166. The number of nitrogens with zero attached hydrogens (tertiary/aromatic N) is 1. The number of hydrogen-bond donors (Lipinski definition) is 1. The summed E-state index contributed by atoms with van der Waals surface area (Å²) in [6.07, 6.45) is 0. The minimum absolute atomic E-state index is 0.166. The molecule has 87 valence electrons. The molecule has 4 heteroatoms. The molecular weight excluding hydrogens is 204 g/mol. The molecule has 2 rings (SSSR count). The van der Waals surface area contributed by atoms with E-state index < -0.39 is 0 Å². The lowest BCUT2D eigenvalue weighted by Gasteiger charge is -2.25. The highest BCUT2D eigenvalue weighted by Gasteiger charge is 2.21. The Morgan fingerprint density at radius 2 is 2.19 bits per heavy atom. The van der Waals surface area contributed by atoms with Gasteiger partial charge in [-0.25, -0.2) is 5.32 Å². The first-order chi connectivity index (χ1) is 7.86. The van der Waals surface area contributed by atoms with E-state index in [4.69, 9.17) is 9.47 Å². The molecule has 1 aliphatic rings. The summed E-state index contributed by atoms with van der Waals surface area (Å²) >= 11 is 0. The fourth-order valence-electron chi connectivity index (χ4n) is 1.99. The van der Waals surface area contributed by atoms with Gasteiger partial charge in [0.2, 0.25) is 0 Å². The van der Waals surface area contributed by atoms with Gasteiger partial charge in [-0.15, -0.1) is 0 Å². The smallest absolute Gasteiger partial charge is 0.165 e. The normalized spacial score (nSPS) is 20.5. The zero-order valence-electron chi connectivity index (χ0n) is 9.69. The van der Waals surface area contributed by atoms with Gasteiger partial charge in [0.15, 0.2) is 11.5 Å². The van der Waals surface area contributed by atoms with Crippen LogP contribution in [0.15, 0.2) is 18.2 Å². The van der Waals surface area contributed by atoms with E-state index in [2.05, 4.69) is 10.6 Å². The van der Waals surface area contributed by atoms with Crippen LogP contribution in [-0.4, -0.2) is 33.9 Å². The highest BCUT2D eigenvalue weighted by Crippen LogP contribution is 2.34. The lowest BCUT2D eigenvalue weighted by Crippen LogP contribution is -2.38. The average Bonchev–Trinajstić information content (AvgIpc) is 2.38. The molecule has 0 amide bonds. The third-order valence-electron chi connectivity index (χ3n) is 2.77. The summed E-state index contributed by atoms with van der Waals surface area (Å²) in [5, 5.41) is 7.92. The molecule has 1 saturated heterocycles. The van der Waals surface area contributed by atoms with Crippen LogP contribution in [0.5, 0.6) is 11.5 Å². The number of nitrogens with one attached hydrogen (secondary N) is 1. The highest BCUT2D eigenvalue weighted by molar-refractivity contribution is 5.48. The fourth-order valence-corrected chi connectivity index (χ4v) is 1.99. The number of rotatable bonds is 3. The Bertz CT molecular complexity index is 349. The van der Waals surface area contributed by atoms with E-state index in [-0.39, 0.29) is 6.04 Å². The summed E-state index contributed by atoms with van der Waals surface area (Å²) < 4.78 is 10.7. The number of hydrogen-bond acceptors (Lipinski definition) is 3. The zero-order chi connectivity index (χ0) is 11.4. The number of ether oxygens (including phenoxy) is 2. The Morgan fingerprint density at radius 3 is 2.81 bits per heavy atom. The molecule has 4 nitrogen and oxygen atoms in total. The van der Waals surface area contributed by atoms with Gasteiger partial charge in [0.25, 0.3) is 0 Å². The van der Waals surface area contributed by atoms with Crippen LogP contribution in [-0.2, 0) is 0 Å². The summed E-state index contributed by atoms with van der Waals surface area (Å²) in [4.78, 5) is 0. The van der Waals surface area contributed by atoms with Crippen molar-refractivity contribution in [1.29, 1.82) is 0 Å². The SMILES string of the molecule is COc1cccc(C2CNCC[N]2)c1OC. The van der Waals surface area contributed by atoms with Gasteiger partial charge in [-0.2, -0.15) is 0 Å². The van der Waals surface area contributed by atoms with Crippen LogP contribution in [0.1, 0.15) is 11.6 Å². The maximum absolute atomic E-state index is 5.41. The van der Waals surface area contributed by atoms with Crippen molar-refractivity contribution < 1.29 is 9.47 Å². The van der Waals surface area contributed by atoms with Crippen molar-refractivity contribution in [1.82, 2.24) is 10.6 Å². The van der Waals surface area contributed by atoms with Crippen LogP contribution >= 0.6 is 0 Å². The van der Waals surface area contributed by atoms with Crippen LogP contribution in [0.4, 0.5) is 0 Å². The summed E-state index contributed by atoms with van der Waals surface area (Å²) in [6, 6.07) is 6.08. The number of piperazine rings is 1. The zero-order valence-corrected chi connectivity index (χ0v) is 9.69. The third-order valence-corrected chi connectivity index (χ3v) is 2.77. The van der Waals surface area contributed by atoms with Crippen LogP contribution in [0.3, 0.4) is 0 Å². The molecule has 1 aliphatic heterocycles. The topological polar surface area (TPSA) is 44.6 Å². The fraction of sp³-hybridized carbons (Fsp3) is 0.500. The van der Waals surface area contributed by atoms with E-state index in [1.807, 2.05) is 18.2 Å². The minimum Gasteiger partial charge on any atom is -0.493 e. The van der Waals surface area contributed by atoms with E-state index in [1.54, 1.807) is 14.2 Å². The monoisotopic (exact) mass is 221 g/mol. The average molecular weight is 221 g/mol. The van der Waals surface area contributed by atoms with E-state index in [0.29, 0.717) is 0 Å². The van der Waals surface area contributed by atoms with Crippen molar-refractivity contribution in [3.63, 3.8) is 0 Å². The molecule has 1 N–H and O–H groups in total. The lowest BCUT2D eigenvalue weighted by molar-refractivity contribution is 0.340.